The van der Waals surface area contributed by atoms with Gasteiger partial charge in [0.15, 0.2) is 5.82 Å². The van der Waals surface area contributed by atoms with Crippen LogP contribution in [-0.2, 0) is 6.54 Å². The third-order valence-electron chi connectivity index (χ3n) is 4.67. The van der Waals surface area contributed by atoms with E-state index in [9.17, 15) is 4.79 Å². The van der Waals surface area contributed by atoms with Gasteiger partial charge < -0.3 is 14.6 Å². The van der Waals surface area contributed by atoms with E-state index in [-0.39, 0.29) is 5.91 Å². The predicted molar refractivity (Wildman–Crippen MR) is 113 cm³/mol. The van der Waals surface area contributed by atoms with Gasteiger partial charge in [-0.15, -0.1) is 0 Å². The van der Waals surface area contributed by atoms with Crippen LogP contribution in [-0.4, -0.2) is 33.6 Å². The number of hydrogen-bond donors (Lipinski definition) is 1. The number of nitrogens with one attached hydrogen (secondary N) is 1. The summed E-state index contributed by atoms with van der Waals surface area (Å²) < 4.78 is 7.69. The summed E-state index contributed by atoms with van der Waals surface area (Å²) in [5.74, 6) is 1.23. The molecule has 2 heterocycles. The molecule has 0 aliphatic heterocycles. The molecule has 4 aromatic rings. The summed E-state index contributed by atoms with van der Waals surface area (Å²) in [7, 11) is 0. The molecule has 6 nitrogen and oxygen atoms in total. The first kappa shape index (κ1) is 18.7. The van der Waals surface area contributed by atoms with E-state index in [0.717, 1.165) is 22.3 Å². The smallest absolute Gasteiger partial charge is 0.255 e. The van der Waals surface area contributed by atoms with Crippen molar-refractivity contribution in [1.29, 1.82) is 0 Å². The van der Waals surface area contributed by atoms with E-state index in [1.54, 1.807) is 12.4 Å². The maximum atomic E-state index is 13.0. The highest BCUT2D eigenvalue weighted by Crippen LogP contribution is 2.28. The number of fused-ring (bicyclic) bond motifs is 1. The van der Waals surface area contributed by atoms with Crippen LogP contribution in [0.4, 0.5) is 0 Å². The van der Waals surface area contributed by atoms with E-state index in [0.29, 0.717) is 31.0 Å². The number of carbonyl (C=O) groups excluding carboxylic acids is 1. The summed E-state index contributed by atoms with van der Waals surface area (Å²) in [6, 6.07) is 17.4. The van der Waals surface area contributed by atoms with Gasteiger partial charge in [0.05, 0.1) is 12.2 Å². The number of nitrogens with zero attached hydrogens (tertiary/aromatic N) is 3. The third-order valence-corrected chi connectivity index (χ3v) is 4.67. The zero-order valence-electron chi connectivity index (χ0n) is 16.2. The van der Waals surface area contributed by atoms with Gasteiger partial charge in [-0.25, -0.2) is 4.98 Å². The number of ether oxygens (including phenoxy) is 1. The second-order valence-electron chi connectivity index (χ2n) is 6.51. The van der Waals surface area contributed by atoms with E-state index in [4.69, 9.17) is 4.74 Å². The lowest BCUT2D eigenvalue weighted by atomic mass is 10.0. The number of aromatic nitrogens is 3. The Balaban J connectivity index is 1.52. The number of pyridine rings is 1. The fourth-order valence-electron chi connectivity index (χ4n) is 3.36. The largest absolute Gasteiger partial charge is 0.493 e. The summed E-state index contributed by atoms with van der Waals surface area (Å²) in [6.45, 7) is 3.46. The molecule has 0 radical (unpaired) electrons. The topological polar surface area (TPSA) is 69.0 Å². The second-order valence-corrected chi connectivity index (χ2v) is 6.51. The van der Waals surface area contributed by atoms with Gasteiger partial charge in [-0.05, 0) is 35.9 Å². The molecule has 1 N–H and O–H groups in total. The summed E-state index contributed by atoms with van der Waals surface area (Å²) in [5, 5.41) is 4.91. The van der Waals surface area contributed by atoms with Crippen LogP contribution in [0.2, 0.25) is 0 Å². The van der Waals surface area contributed by atoms with Crippen molar-refractivity contribution in [2.24, 2.45) is 0 Å². The molecule has 0 aliphatic rings. The van der Waals surface area contributed by atoms with Crippen molar-refractivity contribution in [3.05, 3.63) is 78.8 Å². The highest BCUT2D eigenvalue weighted by molar-refractivity contribution is 6.09. The average molecular weight is 386 g/mol. The Morgan fingerprint density at radius 3 is 2.72 bits per heavy atom. The molecule has 6 heteroatoms. The van der Waals surface area contributed by atoms with Crippen LogP contribution in [0.25, 0.3) is 22.3 Å². The number of hydrogen-bond acceptors (Lipinski definition) is 4. The molecule has 0 aliphatic carbocycles. The lowest BCUT2D eigenvalue weighted by Crippen LogP contribution is -2.28. The summed E-state index contributed by atoms with van der Waals surface area (Å²) in [5.41, 5.74) is 1.37. The highest BCUT2D eigenvalue weighted by Gasteiger charge is 2.16. The number of amides is 1. The minimum atomic E-state index is -0.148. The fourth-order valence-corrected chi connectivity index (χ4v) is 3.36. The average Bonchev–Trinajstić information content (AvgIpc) is 3.23. The number of benzene rings is 2. The summed E-state index contributed by atoms with van der Waals surface area (Å²) >= 11 is 0. The number of rotatable bonds is 7. The van der Waals surface area contributed by atoms with Crippen molar-refractivity contribution >= 4 is 16.7 Å². The molecule has 0 atom stereocenters. The van der Waals surface area contributed by atoms with E-state index in [1.165, 1.54) is 0 Å². The van der Waals surface area contributed by atoms with Crippen molar-refractivity contribution in [2.45, 2.75) is 13.5 Å². The van der Waals surface area contributed by atoms with Crippen LogP contribution in [0.3, 0.4) is 0 Å². The lowest BCUT2D eigenvalue weighted by Gasteiger charge is -2.14. The lowest BCUT2D eigenvalue weighted by molar-refractivity contribution is 0.0950. The number of carbonyl (C=O) groups is 1. The Morgan fingerprint density at radius 1 is 1.03 bits per heavy atom. The minimum absolute atomic E-state index is 0.148. The minimum Gasteiger partial charge on any atom is -0.493 e. The van der Waals surface area contributed by atoms with E-state index < -0.39 is 0 Å². The van der Waals surface area contributed by atoms with Gasteiger partial charge in [-0.3, -0.25) is 9.78 Å². The molecular weight excluding hydrogens is 364 g/mol. The molecule has 146 valence electrons. The van der Waals surface area contributed by atoms with Gasteiger partial charge in [0, 0.05) is 31.7 Å². The first-order chi connectivity index (χ1) is 14.3. The molecule has 29 heavy (non-hydrogen) atoms. The number of imidazole rings is 1. The van der Waals surface area contributed by atoms with Crippen molar-refractivity contribution < 1.29 is 9.53 Å². The molecule has 2 aromatic carbocycles. The van der Waals surface area contributed by atoms with E-state index >= 15 is 0 Å². The first-order valence-electron chi connectivity index (χ1n) is 9.63. The Bertz CT molecular complexity index is 1120. The van der Waals surface area contributed by atoms with Crippen LogP contribution < -0.4 is 10.1 Å². The fraction of sp³-hybridized carbons (Fsp3) is 0.174. The van der Waals surface area contributed by atoms with Gasteiger partial charge in [0.1, 0.15) is 11.4 Å². The summed E-state index contributed by atoms with van der Waals surface area (Å²) in [6.07, 6.45) is 5.37. The Morgan fingerprint density at radius 2 is 1.90 bits per heavy atom. The molecule has 2 aromatic heterocycles. The Kier molecular flexibility index (Phi) is 5.52. The van der Waals surface area contributed by atoms with Gasteiger partial charge in [-0.1, -0.05) is 36.4 Å². The molecular formula is C23H22N4O2. The normalized spacial score (nSPS) is 10.8. The molecule has 0 bridgehead atoms. The maximum absolute atomic E-state index is 13.0. The van der Waals surface area contributed by atoms with Crippen LogP contribution in [0, 0.1) is 0 Å². The SMILES string of the molecule is CCOc1ccc2ccccc2c1C(=O)NCCn1ccnc1-c1ccccn1. The first-order valence-corrected chi connectivity index (χ1v) is 9.63. The molecule has 0 saturated carbocycles. The van der Waals surface area contributed by atoms with Crippen LogP contribution >= 0.6 is 0 Å². The monoisotopic (exact) mass is 386 g/mol. The van der Waals surface area contributed by atoms with Gasteiger partial charge in [0.2, 0.25) is 0 Å². The Hall–Kier alpha value is -3.67. The molecule has 4 rings (SSSR count). The summed E-state index contributed by atoms with van der Waals surface area (Å²) in [4.78, 5) is 21.8. The van der Waals surface area contributed by atoms with Crippen LogP contribution in [0.5, 0.6) is 5.75 Å². The van der Waals surface area contributed by atoms with Crippen LogP contribution in [0.1, 0.15) is 17.3 Å². The van der Waals surface area contributed by atoms with Gasteiger partial charge in [0.25, 0.3) is 5.91 Å². The zero-order valence-corrected chi connectivity index (χ0v) is 16.2. The van der Waals surface area contributed by atoms with Crippen LogP contribution in [0.15, 0.2) is 73.2 Å². The molecule has 0 spiro atoms. The third kappa shape index (κ3) is 3.96. The standard InChI is InChI=1S/C23H22N4O2/c1-2-29-20-11-10-17-7-3-4-8-18(17)21(20)23(28)26-14-16-27-15-13-25-22(27)19-9-5-6-12-24-19/h3-13,15H,2,14,16H2,1H3,(H,26,28). The van der Waals surface area contributed by atoms with E-state index in [1.807, 2.05) is 72.3 Å². The molecule has 0 unspecified atom stereocenters. The van der Waals surface area contributed by atoms with Crippen molar-refractivity contribution in [3.8, 4) is 17.3 Å². The molecule has 0 fully saturated rings. The maximum Gasteiger partial charge on any atom is 0.255 e. The second kappa shape index (κ2) is 8.56. The molecule has 0 saturated heterocycles. The van der Waals surface area contributed by atoms with Gasteiger partial charge >= 0.3 is 0 Å². The zero-order chi connectivity index (χ0) is 20.1. The predicted octanol–water partition coefficient (Wildman–Crippen LogP) is 3.93. The molecule has 1 amide bonds. The quantitative estimate of drug-likeness (QED) is 0.523. The van der Waals surface area contributed by atoms with Gasteiger partial charge in [-0.2, -0.15) is 0 Å². The van der Waals surface area contributed by atoms with E-state index in [2.05, 4.69) is 15.3 Å². The van der Waals surface area contributed by atoms with Crippen molar-refractivity contribution in [3.63, 3.8) is 0 Å². The highest BCUT2D eigenvalue weighted by atomic mass is 16.5. The van der Waals surface area contributed by atoms with Crippen molar-refractivity contribution in [2.75, 3.05) is 13.2 Å². The Labute approximate surface area is 169 Å². The van der Waals surface area contributed by atoms with Crippen molar-refractivity contribution in [1.82, 2.24) is 19.9 Å².